The van der Waals surface area contributed by atoms with E-state index in [-0.39, 0.29) is 6.04 Å². The molecule has 1 atom stereocenters. The average Bonchev–Trinajstić information content (AvgIpc) is 3.04. The number of dihydropyridines is 1. The fourth-order valence-electron chi connectivity index (χ4n) is 4.53. The van der Waals surface area contributed by atoms with Crippen LogP contribution in [0.1, 0.15) is 39.2 Å². The van der Waals surface area contributed by atoms with Gasteiger partial charge in [-0.15, -0.1) is 0 Å². The Kier molecular flexibility index (Phi) is 5.61. The molecule has 1 aromatic carbocycles. The number of allylic oxidation sites excluding steroid dienone is 2. The lowest BCUT2D eigenvalue weighted by Gasteiger charge is -2.27. The Labute approximate surface area is 185 Å². The molecule has 0 spiro atoms. The minimum absolute atomic E-state index is 0.224. The second kappa shape index (κ2) is 8.22. The first-order chi connectivity index (χ1) is 14.8. The first-order valence-corrected chi connectivity index (χ1v) is 11.1. The van der Waals surface area contributed by atoms with Crippen molar-refractivity contribution in [1.82, 2.24) is 14.9 Å². The van der Waals surface area contributed by atoms with Crippen LogP contribution in [0.3, 0.4) is 0 Å². The lowest BCUT2D eigenvalue weighted by atomic mass is 9.90. The Morgan fingerprint density at radius 2 is 2.13 bits per heavy atom. The predicted octanol–water partition coefficient (Wildman–Crippen LogP) is 4.82. The molecule has 4 rings (SSSR count). The van der Waals surface area contributed by atoms with Crippen LogP contribution in [0, 0.1) is 6.92 Å². The van der Waals surface area contributed by atoms with Gasteiger partial charge in [-0.3, -0.25) is 0 Å². The van der Waals surface area contributed by atoms with Gasteiger partial charge in [0.25, 0.3) is 0 Å². The monoisotopic (exact) mass is 416 g/mol. The van der Waals surface area contributed by atoms with Crippen molar-refractivity contribution >= 4 is 22.7 Å². The van der Waals surface area contributed by atoms with Gasteiger partial charge < -0.3 is 15.2 Å². The molecule has 0 aliphatic carbocycles. The number of hydrogen-bond donors (Lipinski definition) is 2. The molecular formula is C26H34N5+. The maximum absolute atomic E-state index is 4.77. The van der Waals surface area contributed by atoms with E-state index in [1.807, 2.05) is 7.05 Å². The van der Waals surface area contributed by atoms with Crippen LogP contribution in [0.25, 0.3) is 11.0 Å². The van der Waals surface area contributed by atoms with Crippen LogP contribution in [0.4, 0.5) is 5.95 Å². The Hall–Kier alpha value is -3.08. The van der Waals surface area contributed by atoms with E-state index in [2.05, 4.69) is 91.4 Å². The zero-order valence-electron chi connectivity index (χ0n) is 19.6. The highest BCUT2D eigenvalue weighted by Crippen LogP contribution is 2.29. The van der Waals surface area contributed by atoms with Gasteiger partial charge in [-0.05, 0) is 55.2 Å². The van der Waals surface area contributed by atoms with Crippen LogP contribution >= 0.6 is 0 Å². The topological polar surface area (TPSA) is 44.9 Å². The fourth-order valence-corrected chi connectivity index (χ4v) is 4.53. The van der Waals surface area contributed by atoms with Gasteiger partial charge in [-0.25, -0.2) is 9.56 Å². The van der Waals surface area contributed by atoms with Crippen molar-refractivity contribution in [3.63, 3.8) is 0 Å². The SMILES string of the molecule is C=C(Nc1nc2ccc(C)cc2n1C)C1=CC(C)NC(C2=C(CC)CC[N+](C)=C2C)=C1. The van der Waals surface area contributed by atoms with Crippen LogP contribution in [-0.2, 0) is 7.05 Å². The van der Waals surface area contributed by atoms with Crippen molar-refractivity contribution in [3.05, 3.63) is 70.6 Å². The molecule has 31 heavy (non-hydrogen) atoms. The quantitative estimate of drug-likeness (QED) is 0.687. The van der Waals surface area contributed by atoms with Gasteiger partial charge in [-0.1, -0.05) is 25.6 Å². The van der Waals surface area contributed by atoms with E-state index in [0.29, 0.717) is 0 Å². The lowest BCUT2D eigenvalue weighted by molar-refractivity contribution is -0.498. The molecule has 0 amide bonds. The molecule has 2 aliphatic rings. The van der Waals surface area contributed by atoms with Gasteiger partial charge >= 0.3 is 0 Å². The molecule has 5 nitrogen and oxygen atoms in total. The van der Waals surface area contributed by atoms with Gasteiger partial charge in [0.1, 0.15) is 13.6 Å². The molecule has 2 N–H and O–H groups in total. The predicted molar refractivity (Wildman–Crippen MR) is 131 cm³/mol. The molecule has 0 fully saturated rings. The smallest absolute Gasteiger partial charge is 0.208 e. The van der Waals surface area contributed by atoms with Crippen LogP contribution in [0.2, 0.25) is 0 Å². The Bertz CT molecular complexity index is 1190. The first-order valence-electron chi connectivity index (χ1n) is 11.1. The third kappa shape index (κ3) is 3.97. The number of aryl methyl sites for hydroxylation is 2. The molecule has 5 heteroatoms. The van der Waals surface area contributed by atoms with E-state index >= 15 is 0 Å². The number of aromatic nitrogens is 2. The summed E-state index contributed by atoms with van der Waals surface area (Å²) in [5.74, 6) is 0.807. The molecule has 0 saturated carbocycles. The van der Waals surface area contributed by atoms with Crippen molar-refractivity contribution in [3.8, 4) is 0 Å². The minimum atomic E-state index is 0.224. The minimum Gasteiger partial charge on any atom is -0.378 e. The van der Waals surface area contributed by atoms with Crippen molar-refractivity contribution < 1.29 is 4.58 Å². The molecule has 2 aromatic rings. The van der Waals surface area contributed by atoms with Gasteiger partial charge in [-0.2, -0.15) is 0 Å². The second-order valence-corrected chi connectivity index (χ2v) is 8.79. The second-order valence-electron chi connectivity index (χ2n) is 8.79. The standard InChI is InChI=1S/C26H34N5/c1-8-20-11-12-30(6)19(5)25(20)23-15-21(14-17(3)27-23)18(4)28-26-29-22-10-9-16(2)13-24(22)31(26)7/h9-10,13-15,17,27H,4,8,11-12H2,1-3,5-7H3,(H,28,29)/q+1. The summed E-state index contributed by atoms with van der Waals surface area (Å²) in [4.78, 5) is 4.77. The molecule has 162 valence electrons. The summed E-state index contributed by atoms with van der Waals surface area (Å²) in [7, 11) is 4.22. The summed E-state index contributed by atoms with van der Waals surface area (Å²) in [6.07, 6.45) is 6.64. The highest BCUT2D eigenvalue weighted by atomic mass is 15.2. The molecule has 0 radical (unpaired) electrons. The Balaban J connectivity index is 1.66. The molecule has 2 aliphatic heterocycles. The van der Waals surface area contributed by atoms with Crippen molar-refractivity contribution in [2.75, 3.05) is 18.9 Å². The largest absolute Gasteiger partial charge is 0.378 e. The normalized spacial score (nSPS) is 19.4. The number of nitrogens with one attached hydrogen (secondary N) is 2. The van der Waals surface area contributed by atoms with Gasteiger partial charge in [0.05, 0.1) is 16.6 Å². The number of rotatable bonds is 5. The number of hydrogen-bond acceptors (Lipinski definition) is 3. The van der Waals surface area contributed by atoms with E-state index in [1.54, 1.807) is 0 Å². The van der Waals surface area contributed by atoms with Gasteiger partial charge in [0.2, 0.25) is 5.95 Å². The lowest BCUT2D eigenvalue weighted by Crippen LogP contribution is -2.34. The fraction of sp³-hybridized carbons (Fsp3) is 0.385. The maximum Gasteiger partial charge on any atom is 0.208 e. The molecule has 0 bridgehead atoms. The highest BCUT2D eigenvalue weighted by molar-refractivity contribution is 6.00. The van der Waals surface area contributed by atoms with Crippen LogP contribution in [0.5, 0.6) is 0 Å². The third-order valence-corrected chi connectivity index (χ3v) is 6.49. The van der Waals surface area contributed by atoms with Crippen LogP contribution in [-0.4, -0.2) is 39.5 Å². The number of anilines is 1. The van der Waals surface area contributed by atoms with E-state index in [4.69, 9.17) is 4.98 Å². The van der Waals surface area contributed by atoms with E-state index in [0.717, 1.165) is 47.6 Å². The molecule has 0 saturated heterocycles. The van der Waals surface area contributed by atoms with Gasteiger partial charge in [0.15, 0.2) is 5.71 Å². The zero-order valence-corrected chi connectivity index (χ0v) is 19.6. The summed E-state index contributed by atoms with van der Waals surface area (Å²) in [5, 5.41) is 7.14. The Morgan fingerprint density at radius 1 is 1.35 bits per heavy atom. The van der Waals surface area contributed by atoms with Crippen LogP contribution in [0.15, 0.2) is 65.0 Å². The summed E-state index contributed by atoms with van der Waals surface area (Å²) in [6.45, 7) is 14.2. The Morgan fingerprint density at radius 3 is 2.87 bits per heavy atom. The maximum atomic E-state index is 4.77. The molecule has 3 heterocycles. The number of benzene rings is 1. The van der Waals surface area contributed by atoms with E-state index in [9.17, 15) is 0 Å². The molecule has 1 unspecified atom stereocenters. The summed E-state index contributed by atoms with van der Waals surface area (Å²) >= 11 is 0. The number of nitrogens with zero attached hydrogens (tertiary/aromatic N) is 3. The van der Waals surface area contributed by atoms with Crippen molar-refractivity contribution in [1.29, 1.82) is 0 Å². The van der Waals surface area contributed by atoms with Gasteiger partial charge in [0, 0.05) is 37.8 Å². The number of fused-ring (bicyclic) bond motifs is 1. The summed E-state index contributed by atoms with van der Waals surface area (Å²) in [6, 6.07) is 6.55. The number of imidazole rings is 1. The molecular weight excluding hydrogens is 382 g/mol. The third-order valence-electron chi connectivity index (χ3n) is 6.49. The first kappa shape index (κ1) is 21.2. The average molecular weight is 417 g/mol. The van der Waals surface area contributed by atoms with E-state index < -0.39 is 0 Å². The highest BCUT2D eigenvalue weighted by Gasteiger charge is 2.27. The van der Waals surface area contributed by atoms with Crippen molar-refractivity contribution in [2.45, 2.75) is 46.6 Å². The van der Waals surface area contributed by atoms with Crippen LogP contribution < -0.4 is 10.6 Å². The van der Waals surface area contributed by atoms with E-state index in [1.165, 1.54) is 28.1 Å². The summed E-state index contributed by atoms with van der Waals surface area (Å²) < 4.78 is 4.45. The van der Waals surface area contributed by atoms with Crippen molar-refractivity contribution in [2.24, 2.45) is 7.05 Å². The molecule has 1 aromatic heterocycles. The zero-order chi connectivity index (χ0) is 22.3. The summed E-state index contributed by atoms with van der Waals surface area (Å²) in [5.41, 5.74) is 10.7.